The fourth-order valence-corrected chi connectivity index (χ4v) is 2.83. The van der Waals surface area contributed by atoms with Gasteiger partial charge < -0.3 is 14.6 Å². The molecule has 3 nitrogen and oxygen atoms in total. The number of benzene rings is 2. The van der Waals surface area contributed by atoms with Gasteiger partial charge in [0.25, 0.3) is 0 Å². The smallest absolute Gasteiger partial charge is 0.125 e. The summed E-state index contributed by atoms with van der Waals surface area (Å²) in [5, 5.41) is 11.2. The lowest BCUT2D eigenvalue weighted by Gasteiger charge is -2.20. The summed E-state index contributed by atoms with van der Waals surface area (Å²) in [7, 11) is 1.58. The van der Waals surface area contributed by atoms with Crippen molar-refractivity contribution < 1.29 is 14.6 Å². The van der Waals surface area contributed by atoms with E-state index in [1.54, 1.807) is 25.3 Å². The summed E-state index contributed by atoms with van der Waals surface area (Å²) in [5.74, 6) is 1.54. The molecule has 3 rings (SSSR count). The minimum absolute atomic E-state index is 0.575. The molecular weight excluding hydrogens is 288 g/mol. The van der Waals surface area contributed by atoms with Crippen molar-refractivity contribution in [3.05, 3.63) is 58.1 Å². The Balaban J connectivity index is 1.98. The van der Waals surface area contributed by atoms with Crippen molar-refractivity contribution in [1.29, 1.82) is 0 Å². The number of hydrogen-bond donors (Lipinski definition) is 1. The largest absolute Gasteiger partial charge is 0.496 e. The van der Waals surface area contributed by atoms with Crippen LogP contribution in [0.4, 0.5) is 0 Å². The molecule has 0 aliphatic carbocycles. The van der Waals surface area contributed by atoms with Crippen LogP contribution in [-0.4, -0.2) is 18.8 Å². The van der Waals surface area contributed by atoms with Gasteiger partial charge in [0.1, 0.15) is 17.6 Å². The van der Waals surface area contributed by atoms with Crippen molar-refractivity contribution in [2.75, 3.05) is 13.7 Å². The second-order valence-electron chi connectivity index (χ2n) is 5.11. The molecule has 1 unspecified atom stereocenters. The van der Waals surface area contributed by atoms with E-state index in [1.807, 2.05) is 18.2 Å². The van der Waals surface area contributed by atoms with Gasteiger partial charge in [0.15, 0.2) is 0 Å². The molecule has 1 atom stereocenters. The van der Waals surface area contributed by atoms with Crippen LogP contribution in [0.3, 0.4) is 0 Å². The van der Waals surface area contributed by atoms with Crippen LogP contribution in [-0.2, 0) is 6.42 Å². The van der Waals surface area contributed by atoms with E-state index in [4.69, 9.17) is 21.1 Å². The Bertz CT molecular complexity index is 654. The summed E-state index contributed by atoms with van der Waals surface area (Å²) < 4.78 is 10.9. The number of methoxy groups -OCH3 is 1. The standard InChI is InChI=1S/C17H17ClO3/c1-20-16-7-5-13(18)10-14(16)17(19)12-4-6-15-11(9-12)3-2-8-21-15/h4-7,9-10,17,19H,2-3,8H2,1H3. The number of ether oxygens (including phenoxy) is 2. The molecule has 0 radical (unpaired) electrons. The molecular formula is C17H17ClO3. The van der Waals surface area contributed by atoms with E-state index in [1.165, 1.54) is 0 Å². The highest BCUT2D eigenvalue weighted by atomic mass is 35.5. The van der Waals surface area contributed by atoms with Crippen molar-refractivity contribution in [2.45, 2.75) is 18.9 Å². The van der Waals surface area contributed by atoms with Gasteiger partial charge in [0.05, 0.1) is 13.7 Å². The van der Waals surface area contributed by atoms with Crippen LogP contribution < -0.4 is 9.47 Å². The molecule has 0 spiro atoms. The average Bonchev–Trinajstić information content (AvgIpc) is 2.53. The number of fused-ring (bicyclic) bond motifs is 1. The number of hydrogen-bond acceptors (Lipinski definition) is 3. The second-order valence-corrected chi connectivity index (χ2v) is 5.54. The monoisotopic (exact) mass is 304 g/mol. The first-order valence-corrected chi connectivity index (χ1v) is 7.34. The lowest BCUT2D eigenvalue weighted by atomic mass is 9.96. The number of aliphatic hydroxyl groups excluding tert-OH is 1. The number of rotatable bonds is 3. The van der Waals surface area contributed by atoms with Gasteiger partial charge in [-0.25, -0.2) is 0 Å². The van der Waals surface area contributed by atoms with E-state index in [9.17, 15) is 5.11 Å². The highest BCUT2D eigenvalue weighted by Crippen LogP contribution is 2.35. The Kier molecular flexibility index (Phi) is 4.04. The van der Waals surface area contributed by atoms with Crippen LogP contribution in [0.5, 0.6) is 11.5 Å². The van der Waals surface area contributed by atoms with E-state index >= 15 is 0 Å². The molecule has 21 heavy (non-hydrogen) atoms. The van der Waals surface area contributed by atoms with Gasteiger partial charge in [0.2, 0.25) is 0 Å². The molecule has 0 fully saturated rings. The first kappa shape index (κ1) is 14.2. The predicted octanol–water partition coefficient (Wildman–Crippen LogP) is 3.76. The summed E-state index contributed by atoms with van der Waals surface area (Å²) in [5.41, 5.74) is 2.63. The second kappa shape index (κ2) is 5.96. The Labute approximate surface area is 129 Å². The van der Waals surface area contributed by atoms with Crippen LogP contribution in [0, 0.1) is 0 Å². The first-order chi connectivity index (χ1) is 10.2. The molecule has 2 aromatic carbocycles. The van der Waals surface area contributed by atoms with Gasteiger partial charge in [-0.15, -0.1) is 0 Å². The highest BCUT2D eigenvalue weighted by molar-refractivity contribution is 6.30. The van der Waals surface area contributed by atoms with Gasteiger partial charge >= 0.3 is 0 Å². The van der Waals surface area contributed by atoms with Crippen LogP contribution in [0.15, 0.2) is 36.4 Å². The zero-order chi connectivity index (χ0) is 14.8. The normalized spacial score (nSPS) is 15.0. The fraction of sp³-hybridized carbons (Fsp3) is 0.294. The Morgan fingerprint density at radius 2 is 2.10 bits per heavy atom. The number of aliphatic hydroxyl groups is 1. The number of aryl methyl sites for hydroxylation is 1. The zero-order valence-electron chi connectivity index (χ0n) is 11.8. The maximum atomic E-state index is 10.7. The van der Waals surface area contributed by atoms with Crippen molar-refractivity contribution in [3.63, 3.8) is 0 Å². The third-order valence-corrected chi connectivity index (χ3v) is 3.97. The first-order valence-electron chi connectivity index (χ1n) is 6.96. The summed E-state index contributed by atoms with van der Waals surface area (Å²) in [4.78, 5) is 0. The zero-order valence-corrected chi connectivity index (χ0v) is 12.6. The van der Waals surface area contributed by atoms with E-state index in [0.29, 0.717) is 16.3 Å². The minimum atomic E-state index is -0.772. The molecule has 0 aromatic heterocycles. The van der Waals surface area contributed by atoms with Crippen LogP contribution in [0.25, 0.3) is 0 Å². The maximum absolute atomic E-state index is 10.7. The molecule has 1 aliphatic rings. The van der Waals surface area contributed by atoms with Gasteiger partial charge in [-0.05, 0) is 54.3 Å². The van der Waals surface area contributed by atoms with Gasteiger partial charge in [-0.3, -0.25) is 0 Å². The van der Waals surface area contributed by atoms with Crippen molar-refractivity contribution >= 4 is 11.6 Å². The van der Waals surface area contributed by atoms with E-state index < -0.39 is 6.10 Å². The lowest BCUT2D eigenvalue weighted by Crippen LogP contribution is -2.10. The molecule has 110 valence electrons. The molecule has 1 heterocycles. The Morgan fingerprint density at radius 1 is 1.24 bits per heavy atom. The molecule has 2 aromatic rings. The molecule has 1 aliphatic heterocycles. The molecule has 0 saturated heterocycles. The van der Waals surface area contributed by atoms with Crippen molar-refractivity contribution in [3.8, 4) is 11.5 Å². The topological polar surface area (TPSA) is 38.7 Å². The van der Waals surface area contributed by atoms with E-state index in [-0.39, 0.29) is 0 Å². The van der Waals surface area contributed by atoms with E-state index in [0.717, 1.165) is 36.3 Å². The maximum Gasteiger partial charge on any atom is 0.125 e. The fourth-order valence-electron chi connectivity index (χ4n) is 2.65. The summed E-state index contributed by atoms with van der Waals surface area (Å²) in [6, 6.07) is 11.1. The third kappa shape index (κ3) is 2.85. The highest BCUT2D eigenvalue weighted by Gasteiger charge is 2.19. The summed E-state index contributed by atoms with van der Waals surface area (Å²) >= 11 is 6.03. The number of halogens is 1. The molecule has 1 N–H and O–H groups in total. The van der Waals surface area contributed by atoms with Crippen LogP contribution >= 0.6 is 11.6 Å². The van der Waals surface area contributed by atoms with E-state index in [2.05, 4.69) is 0 Å². The van der Waals surface area contributed by atoms with Crippen molar-refractivity contribution in [2.24, 2.45) is 0 Å². The molecule has 0 bridgehead atoms. The Hall–Kier alpha value is -1.71. The quantitative estimate of drug-likeness (QED) is 0.938. The predicted molar refractivity (Wildman–Crippen MR) is 82.3 cm³/mol. The minimum Gasteiger partial charge on any atom is -0.496 e. The third-order valence-electron chi connectivity index (χ3n) is 3.73. The SMILES string of the molecule is COc1ccc(Cl)cc1C(O)c1ccc2c(c1)CCCO2. The summed E-state index contributed by atoms with van der Waals surface area (Å²) in [6.45, 7) is 0.761. The average molecular weight is 305 g/mol. The lowest BCUT2D eigenvalue weighted by molar-refractivity contribution is 0.214. The van der Waals surface area contributed by atoms with Crippen LogP contribution in [0.1, 0.15) is 29.2 Å². The Morgan fingerprint density at radius 3 is 2.90 bits per heavy atom. The van der Waals surface area contributed by atoms with Crippen molar-refractivity contribution in [1.82, 2.24) is 0 Å². The van der Waals surface area contributed by atoms with Gasteiger partial charge in [0, 0.05) is 10.6 Å². The molecule has 4 heteroatoms. The molecule has 0 saturated carbocycles. The van der Waals surface area contributed by atoms with Gasteiger partial charge in [-0.1, -0.05) is 17.7 Å². The summed E-state index contributed by atoms with van der Waals surface area (Å²) in [6.07, 6.45) is 1.21. The van der Waals surface area contributed by atoms with Gasteiger partial charge in [-0.2, -0.15) is 0 Å². The molecule has 0 amide bonds. The van der Waals surface area contributed by atoms with Crippen LogP contribution in [0.2, 0.25) is 5.02 Å².